The highest BCUT2D eigenvalue weighted by molar-refractivity contribution is 6.07. The highest BCUT2D eigenvalue weighted by Gasteiger charge is 2.43. The van der Waals surface area contributed by atoms with Crippen molar-refractivity contribution >= 4 is 17.6 Å². The molecule has 0 spiro atoms. The molecule has 0 radical (unpaired) electrons. The van der Waals surface area contributed by atoms with E-state index < -0.39 is 11.4 Å². The fourth-order valence-electron chi connectivity index (χ4n) is 2.23. The Balaban J connectivity index is 2.36. The van der Waals surface area contributed by atoms with Crippen molar-refractivity contribution in [3.05, 3.63) is 29.8 Å². The van der Waals surface area contributed by atoms with Crippen LogP contribution >= 0.6 is 0 Å². The Bertz CT molecular complexity index is 479. The molecule has 17 heavy (non-hydrogen) atoms. The molecular formula is C13H15NO3. The fraction of sp³-hybridized carbons (Fsp3) is 0.385. The number of anilines is 1. The van der Waals surface area contributed by atoms with Crippen LogP contribution in [0.15, 0.2) is 24.3 Å². The molecule has 0 bridgehead atoms. The lowest BCUT2D eigenvalue weighted by Gasteiger charge is -2.19. The Hall–Kier alpha value is -1.84. The Kier molecular flexibility index (Phi) is 2.65. The molecule has 1 aliphatic heterocycles. The number of aliphatic carboxylic acids is 1. The number of carbonyl (C=O) groups excluding carboxylic acids is 1. The Labute approximate surface area is 99.9 Å². The maximum Gasteiger partial charge on any atom is 0.305 e. The predicted octanol–water partition coefficient (Wildman–Crippen LogP) is 1.79. The molecule has 0 saturated heterocycles. The van der Waals surface area contributed by atoms with Crippen molar-refractivity contribution in [1.82, 2.24) is 0 Å². The predicted molar refractivity (Wildman–Crippen MR) is 64.1 cm³/mol. The number of carboxylic acid groups (broad SMARTS) is 1. The van der Waals surface area contributed by atoms with Crippen LogP contribution in [0.25, 0.3) is 0 Å². The van der Waals surface area contributed by atoms with Crippen LogP contribution in [0.4, 0.5) is 5.69 Å². The van der Waals surface area contributed by atoms with E-state index in [1.54, 1.807) is 4.90 Å². The van der Waals surface area contributed by atoms with Gasteiger partial charge < -0.3 is 10.0 Å². The summed E-state index contributed by atoms with van der Waals surface area (Å²) in [5, 5.41) is 8.70. The summed E-state index contributed by atoms with van der Waals surface area (Å²) in [4.78, 5) is 24.4. The number of hydrogen-bond donors (Lipinski definition) is 1. The van der Waals surface area contributed by atoms with Crippen LogP contribution in [-0.4, -0.2) is 23.5 Å². The minimum atomic E-state index is -0.889. The van der Waals surface area contributed by atoms with Gasteiger partial charge in [-0.3, -0.25) is 9.59 Å². The summed E-state index contributed by atoms with van der Waals surface area (Å²) < 4.78 is 0. The lowest BCUT2D eigenvalue weighted by Crippen LogP contribution is -2.37. The molecule has 1 heterocycles. The maximum atomic E-state index is 12.2. The Morgan fingerprint density at radius 1 is 1.35 bits per heavy atom. The van der Waals surface area contributed by atoms with E-state index in [9.17, 15) is 9.59 Å². The molecule has 1 aromatic rings. The lowest BCUT2D eigenvalue weighted by atomic mass is 9.86. The SMILES string of the molecule is CC1(C)C(=O)N(CCC(=O)O)c2ccccc21. The van der Waals surface area contributed by atoms with Gasteiger partial charge in [0.2, 0.25) is 5.91 Å². The molecule has 0 atom stereocenters. The first-order valence-corrected chi connectivity index (χ1v) is 5.58. The van der Waals surface area contributed by atoms with E-state index in [0.717, 1.165) is 11.3 Å². The third-order valence-electron chi connectivity index (χ3n) is 3.20. The van der Waals surface area contributed by atoms with E-state index in [1.165, 1.54) is 0 Å². The maximum absolute atomic E-state index is 12.2. The average molecular weight is 233 g/mol. The van der Waals surface area contributed by atoms with E-state index in [-0.39, 0.29) is 18.9 Å². The van der Waals surface area contributed by atoms with Crippen molar-refractivity contribution in [1.29, 1.82) is 0 Å². The van der Waals surface area contributed by atoms with Gasteiger partial charge in [-0.15, -0.1) is 0 Å². The van der Waals surface area contributed by atoms with Crippen LogP contribution in [-0.2, 0) is 15.0 Å². The van der Waals surface area contributed by atoms with Gasteiger partial charge in [-0.25, -0.2) is 0 Å². The van der Waals surface area contributed by atoms with Crippen molar-refractivity contribution in [2.24, 2.45) is 0 Å². The van der Waals surface area contributed by atoms with E-state index in [1.807, 2.05) is 38.1 Å². The summed E-state index contributed by atoms with van der Waals surface area (Å²) in [5.41, 5.74) is 1.24. The van der Waals surface area contributed by atoms with E-state index in [4.69, 9.17) is 5.11 Å². The fourth-order valence-corrected chi connectivity index (χ4v) is 2.23. The molecule has 1 aromatic carbocycles. The molecule has 1 aliphatic rings. The second-order valence-electron chi connectivity index (χ2n) is 4.74. The zero-order valence-electron chi connectivity index (χ0n) is 9.93. The zero-order valence-corrected chi connectivity index (χ0v) is 9.93. The van der Waals surface area contributed by atoms with Gasteiger partial charge in [0, 0.05) is 12.2 Å². The first-order valence-electron chi connectivity index (χ1n) is 5.58. The molecule has 0 saturated carbocycles. The van der Waals surface area contributed by atoms with Crippen LogP contribution in [0, 0.1) is 0 Å². The van der Waals surface area contributed by atoms with Gasteiger partial charge in [-0.2, -0.15) is 0 Å². The van der Waals surface area contributed by atoms with Crippen LogP contribution in [0.2, 0.25) is 0 Å². The molecule has 1 amide bonds. The van der Waals surface area contributed by atoms with Crippen molar-refractivity contribution in [2.75, 3.05) is 11.4 Å². The van der Waals surface area contributed by atoms with Crippen molar-refractivity contribution in [3.8, 4) is 0 Å². The highest BCUT2D eigenvalue weighted by atomic mass is 16.4. The van der Waals surface area contributed by atoms with Gasteiger partial charge in [-0.05, 0) is 25.5 Å². The standard InChI is InChI=1S/C13H15NO3/c1-13(2)9-5-3-4-6-10(9)14(12(13)17)8-7-11(15)16/h3-6H,7-8H2,1-2H3,(H,15,16). The zero-order chi connectivity index (χ0) is 12.6. The number of rotatable bonds is 3. The Morgan fingerprint density at radius 3 is 2.65 bits per heavy atom. The first-order chi connectivity index (χ1) is 7.94. The number of carbonyl (C=O) groups is 2. The summed E-state index contributed by atoms with van der Waals surface area (Å²) in [6.45, 7) is 3.97. The van der Waals surface area contributed by atoms with Crippen LogP contribution < -0.4 is 4.90 Å². The van der Waals surface area contributed by atoms with E-state index in [0.29, 0.717) is 0 Å². The van der Waals surface area contributed by atoms with Crippen LogP contribution in [0.1, 0.15) is 25.8 Å². The Morgan fingerprint density at radius 2 is 2.00 bits per heavy atom. The quantitative estimate of drug-likeness (QED) is 0.865. The van der Waals surface area contributed by atoms with Gasteiger partial charge in [0.15, 0.2) is 0 Å². The molecule has 0 aromatic heterocycles. The summed E-state index contributed by atoms with van der Waals surface area (Å²) in [6, 6.07) is 7.55. The van der Waals surface area contributed by atoms with Gasteiger partial charge in [0.05, 0.1) is 11.8 Å². The second-order valence-corrected chi connectivity index (χ2v) is 4.74. The van der Waals surface area contributed by atoms with Crippen LogP contribution in [0.5, 0.6) is 0 Å². The third kappa shape index (κ3) is 1.79. The van der Waals surface area contributed by atoms with E-state index in [2.05, 4.69) is 0 Å². The normalized spacial score (nSPS) is 17.1. The van der Waals surface area contributed by atoms with Crippen molar-refractivity contribution < 1.29 is 14.7 Å². The molecule has 0 unspecified atom stereocenters. The monoisotopic (exact) mass is 233 g/mol. The molecule has 4 nitrogen and oxygen atoms in total. The number of para-hydroxylation sites is 1. The molecule has 0 aliphatic carbocycles. The summed E-state index contributed by atoms with van der Waals surface area (Å²) >= 11 is 0. The summed E-state index contributed by atoms with van der Waals surface area (Å²) in [5.74, 6) is -0.917. The molecule has 2 rings (SSSR count). The number of carboxylic acids is 1. The minimum absolute atomic E-state index is 0.0278. The molecule has 1 N–H and O–H groups in total. The second kappa shape index (κ2) is 3.87. The minimum Gasteiger partial charge on any atom is -0.481 e. The van der Waals surface area contributed by atoms with Crippen molar-refractivity contribution in [2.45, 2.75) is 25.7 Å². The van der Waals surface area contributed by atoms with Gasteiger partial charge in [0.1, 0.15) is 0 Å². The number of benzene rings is 1. The highest BCUT2D eigenvalue weighted by Crippen LogP contribution is 2.41. The van der Waals surface area contributed by atoms with Gasteiger partial charge in [-0.1, -0.05) is 18.2 Å². The number of nitrogens with zero attached hydrogens (tertiary/aromatic N) is 1. The number of amides is 1. The smallest absolute Gasteiger partial charge is 0.305 e. The van der Waals surface area contributed by atoms with Gasteiger partial charge in [0.25, 0.3) is 0 Å². The first kappa shape index (κ1) is 11.6. The van der Waals surface area contributed by atoms with Crippen LogP contribution in [0.3, 0.4) is 0 Å². The summed E-state index contributed by atoms with van der Waals surface area (Å²) in [7, 11) is 0. The lowest BCUT2D eigenvalue weighted by molar-refractivity contribution is -0.136. The topological polar surface area (TPSA) is 57.6 Å². The summed E-state index contributed by atoms with van der Waals surface area (Å²) in [6.07, 6.45) is -0.0316. The molecule has 4 heteroatoms. The van der Waals surface area contributed by atoms with Crippen molar-refractivity contribution in [3.63, 3.8) is 0 Å². The average Bonchev–Trinajstić information content (AvgIpc) is 2.47. The molecule has 0 fully saturated rings. The largest absolute Gasteiger partial charge is 0.481 e. The number of hydrogen-bond acceptors (Lipinski definition) is 2. The molecular weight excluding hydrogens is 218 g/mol. The van der Waals surface area contributed by atoms with E-state index >= 15 is 0 Å². The van der Waals surface area contributed by atoms with Gasteiger partial charge >= 0.3 is 5.97 Å². The molecule has 90 valence electrons. The third-order valence-corrected chi connectivity index (χ3v) is 3.20. The number of fused-ring (bicyclic) bond motifs is 1.